The second kappa shape index (κ2) is 7.07. The van der Waals surface area contributed by atoms with E-state index >= 15 is 0 Å². The minimum atomic E-state index is -4.51. The van der Waals surface area contributed by atoms with E-state index in [1.165, 1.54) is 6.07 Å². The molecule has 1 saturated heterocycles. The Kier molecular flexibility index (Phi) is 4.70. The molecule has 29 heavy (non-hydrogen) atoms. The van der Waals surface area contributed by atoms with Crippen LogP contribution in [0.2, 0.25) is 0 Å². The zero-order valence-electron chi connectivity index (χ0n) is 15.0. The van der Waals surface area contributed by atoms with Crippen LogP contribution in [-0.4, -0.2) is 23.2 Å². The normalized spacial score (nSPS) is 21.0. The number of alkyl carbamates (subject to hydrolysis) is 1. The highest BCUT2D eigenvalue weighted by atomic mass is 19.4. The van der Waals surface area contributed by atoms with E-state index in [0.29, 0.717) is 18.6 Å². The van der Waals surface area contributed by atoms with Gasteiger partial charge in [0, 0.05) is 11.5 Å². The number of aryl methyl sites for hydroxylation is 1. The lowest BCUT2D eigenvalue weighted by Crippen LogP contribution is -2.28. The Morgan fingerprint density at radius 2 is 1.97 bits per heavy atom. The van der Waals surface area contributed by atoms with E-state index in [4.69, 9.17) is 9.47 Å². The fourth-order valence-electron chi connectivity index (χ4n) is 3.75. The summed E-state index contributed by atoms with van der Waals surface area (Å²) in [5.74, 6) is -0.207. The van der Waals surface area contributed by atoms with E-state index in [1.54, 1.807) is 18.2 Å². The number of fused-ring (bicyclic) bond motifs is 1. The highest BCUT2D eigenvalue weighted by molar-refractivity contribution is 6.00. The van der Waals surface area contributed by atoms with Crippen molar-refractivity contribution in [3.05, 3.63) is 58.7 Å². The van der Waals surface area contributed by atoms with E-state index in [9.17, 15) is 27.9 Å². The number of aliphatic hydroxyl groups is 1. The van der Waals surface area contributed by atoms with Crippen LogP contribution in [0, 0.1) is 0 Å². The molecule has 4 rings (SSSR count). The van der Waals surface area contributed by atoms with E-state index in [0.717, 1.165) is 23.3 Å². The molecule has 2 aliphatic rings. The molecule has 1 unspecified atom stereocenters. The first kappa shape index (κ1) is 19.3. The Morgan fingerprint density at radius 1 is 1.17 bits per heavy atom. The molecule has 1 aliphatic carbocycles. The number of amides is 2. The molecule has 0 radical (unpaired) electrons. The number of ether oxygens (including phenoxy) is 2. The lowest BCUT2D eigenvalue weighted by molar-refractivity contribution is -0.137. The molecule has 1 fully saturated rings. The van der Waals surface area contributed by atoms with Crippen molar-refractivity contribution in [2.45, 2.75) is 37.6 Å². The topological polar surface area (TPSA) is 84.9 Å². The van der Waals surface area contributed by atoms with Crippen LogP contribution in [0.3, 0.4) is 0 Å². The van der Waals surface area contributed by atoms with E-state index in [-0.39, 0.29) is 17.2 Å². The third-order valence-corrected chi connectivity index (χ3v) is 5.11. The summed E-state index contributed by atoms with van der Waals surface area (Å²) in [7, 11) is 0. The molecule has 0 spiro atoms. The van der Waals surface area contributed by atoms with Gasteiger partial charge in [-0.15, -0.1) is 0 Å². The summed E-state index contributed by atoms with van der Waals surface area (Å²) in [5.41, 5.74) is 0.922. The quantitative estimate of drug-likeness (QED) is 0.808. The molecule has 0 saturated carbocycles. The zero-order chi connectivity index (χ0) is 20.8. The molecule has 6 nitrogen and oxygen atoms in total. The standard InChI is InChI=1S/C20H16F3NO5/c21-20(22,23)12-2-6-16(11(7-12)9-25)28-13-3-5-14-10(8-13)1-4-15(14)17-18(26)24-19(27)29-17/h2-3,5-8,15,17,25H,1,4,9H2,(H,24,26,27)/t15-,17?/m1/s1. The first-order chi connectivity index (χ1) is 13.8. The first-order valence-electron chi connectivity index (χ1n) is 8.89. The third-order valence-electron chi connectivity index (χ3n) is 5.11. The number of hydrogen-bond acceptors (Lipinski definition) is 5. The van der Waals surface area contributed by atoms with Crippen LogP contribution < -0.4 is 10.1 Å². The van der Waals surface area contributed by atoms with Gasteiger partial charge in [0.25, 0.3) is 5.91 Å². The van der Waals surface area contributed by atoms with Gasteiger partial charge in [0.15, 0.2) is 6.10 Å². The van der Waals surface area contributed by atoms with Crippen molar-refractivity contribution in [2.24, 2.45) is 0 Å². The Bertz CT molecular complexity index is 989. The number of alkyl halides is 3. The monoisotopic (exact) mass is 407 g/mol. The van der Waals surface area contributed by atoms with Gasteiger partial charge in [-0.3, -0.25) is 10.1 Å². The van der Waals surface area contributed by atoms with Crippen molar-refractivity contribution in [3.8, 4) is 11.5 Å². The maximum atomic E-state index is 12.8. The van der Waals surface area contributed by atoms with Crippen LogP contribution in [0.25, 0.3) is 0 Å². The third kappa shape index (κ3) is 3.65. The molecule has 9 heteroatoms. The number of hydrogen-bond donors (Lipinski definition) is 2. The first-order valence-corrected chi connectivity index (χ1v) is 8.89. The van der Waals surface area contributed by atoms with Gasteiger partial charge in [-0.1, -0.05) is 6.07 Å². The minimum absolute atomic E-state index is 0.0211. The van der Waals surface area contributed by atoms with Gasteiger partial charge in [-0.2, -0.15) is 13.2 Å². The summed E-state index contributed by atoms with van der Waals surface area (Å²) in [6.45, 7) is -0.603. The average molecular weight is 407 g/mol. The van der Waals surface area contributed by atoms with Gasteiger partial charge in [-0.05, 0) is 54.3 Å². The summed E-state index contributed by atoms with van der Waals surface area (Å²) in [6.07, 6.45) is -4.88. The number of benzene rings is 2. The van der Waals surface area contributed by atoms with E-state index in [2.05, 4.69) is 5.32 Å². The van der Waals surface area contributed by atoms with Crippen LogP contribution in [0.1, 0.15) is 34.6 Å². The predicted octanol–water partition coefficient (Wildman–Crippen LogP) is 3.65. The van der Waals surface area contributed by atoms with Gasteiger partial charge in [-0.25, -0.2) is 4.79 Å². The number of cyclic esters (lactones) is 1. The van der Waals surface area contributed by atoms with Crippen molar-refractivity contribution >= 4 is 12.0 Å². The van der Waals surface area contributed by atoms with Crippen molar-refractivity contribution in [3.63, 3.8) is 0 Å². The van der Waals surface area contributed by atoms with Crippen molar-refractivity contribution in [1.82, 2.24) is 5.32 Å². The number of imide groups is 1. The molecular formula is C20H16F3NO5. The zero-order valence-corrected chi connectivity index (χ0v) is 15.0. The van der Waals surface area contributed by atoms with Crippen LogP contribution in [0.5, 0.6) is 11.5 Å². The van der Waals surface area contributed by atoms with Crippen LogP contribution in [0.15, 0.2) is 36.4 Å². The van der Waals surface area contributed by atoms with Crippen molar-refractivity contribution in [1.29, 1.82) is 0 Å². The molecule has 2 aromatic carbocycles. The molecule has 0 bridgehead atoms. The largest absolute Gasteiger partial charge is 0.457 e. The number of halogens is 3. The minimum Gasteiger partial charge on any atom is -0.457 e. The van der Waals surface area contributed by atoms with E-state index in [1.807, 2.05) is 0 Å². The van der Waals surface area contributed by atoms with E-state index < -0.39 is 36.5 Å². The summed E-state index contributed by atoms with van der Waals surface area (Å²) < 4.78 is 49.3. The van der Waals surface area contributed by atoms with Crippen LogP contribution >= 0.6 is 0 Å². The van der Waals surface area contributed by atoms with Crippen LogP contribution in [-0.2, 0) is 28.7 Å². The summed E-state index contributed by atoms with van der Waals surface area (Å²) in [6, 6.07) is 8.04. The van der Waals surface area contributed by atoms with Gasteiger partial charge in [0.2, 0.25) is 0 Å². The fourth-order valence-corrected chi connectivity index (χ4v) is 3.75. The lowest BCUT2D eigenvalue weighted by Gasteiger charge is -2.17. The van der Waals surface area contributed by atoms with Crippen molar-refractivity contribution < 1.29 is 37.3 Å². The smallest absolute Gasteiger partial charge is 0.416 e. The molecule has 2 aromatic rings. The maximum Gasteiger partial charge on any atom is 0.416 e. The summed E-state index contributed by atoms with van der Waals surface area (Å²) in [5, 5.41) is 11.5. The number of aliphatic hydroxyl groups excluding tert-OH is 1. The second-order valence-electron chi connectivity index (χ2n) is 6.90. The second-order valence-corrected chi connectivity index (χ2v) is 6.90. The Morgan fingerprint density at radius 3 is 2.62 bits per heavy atom. The summed E-state index contributed by atoms with van der Waals surface area (Å²) in [4.78, 5) is 23.1. The lowest BCUT2D eigenvalue weighted by atomic mass is 9.95. The molecule has 1 heterocycles. The number of nitrogens with one attached hydrogen (secondary N) is 1. The van der Waals surface area contributed by atoms with Gasteiger partial charge < -0.3 is 14.6 Å². The highest BCUT2D eigenvalue weighted by Gasteiger charge is 2.42. The molecular weight excluding hydrogens is 391 g/mol. The molecule has 2 N–H and O–H groups in total. The Balaban J connectivity index is 1.56. The number of carbonyl (C=O) groups is 2. The molecule has 152 valence electrons. The molecule has 2 amide bonds. The highest BCUT2D eigenvalue weighted by Crippen LogP contribution is 2.40. The summed E-state index contributed by atoms with van der Waals surface area (Å²) >= 11 is 0. The Labute approximate surface area is 163 Å². The fraction of sp³-hybridized carbons (Fsp3) is 0.300. The molecule has 1 aliphatic heterocycles. The van der Waals surface area contributed by atoms with Crippen LogP contribution in [0.4, 0.5) is 18.0 Å². The SMILES string of the molecule is O=C1NC(=O)C([C@@H]2CCc3cc(Oc4ccc(C(F)(F)F)cc4CO)ccc32)O1. The average Bonchev–Trinajstić information content (AvgIpc) is 3.22. The predicted molar refractivity (Wildman–Crippen MR) is 93.4 cm³/mol. The number of rotatable bonds is 4. The van der Waals surface area contributed by atoms with Gasteiger partial charge in [0.1, 0.15) is 11.5 Å². The maximum absolute atomic E-state index is 12.8. The van der Waals surface area contributed by atoms with Gasteiger partial charge >= 0.3 is 12.3 Å². The van der Waals surface area contributed by atoms with Gasteiger partial charge in [0.05, 0.1) is 12.2 Å². The van der Waals surface area contributed by atoms with Crippen molar-refractivity contribution in [2.75, 3.05) is 0 Å². The molecule has 2 atom stereocenters. The Hall–Kier alpha value is -3.07. The number of carbonyl (C=O) groups excluding carboxylic acids is 2. The molecule has 0 aromatic heterocycles.